The highest BCUT2D eigenvalue weighted by Gasteiger charge is 2.30. The zero-order valence-electron chi connectivity index (χ0n) is 11.3. The number of nitrogens with zero attached hydrogens (tertiary/aromatic N) is 1. The molecule has 0 aliphatic carbocycles. The fourth-order valence-electron chi connectivity index (χ4n) is 2.12. The molecular formula is C11H25N3O2S2. The lowest BCUT2D eigenvalue weighted by molar-refractivity contribution is 0.254. The summed E-state index contributed by atoms with van der Waals surface area (Å²) in [5.74, 6) is 0. The molecule has 1 rings (SSSR count). The summed E-state index contributed by atoms with van der Waals surface area (Å²) >= 11 is 1.75. The summed E-state index contributed by atoms with van der Waals surface area (Å²) in [5, 5.41) is 0.472. The summed E-state index contributed by atoms with van der Waals surface area (Å²) in [4.78, 5) is 0. The first-order valence-electron chi connectivity index (χ1n) is 6.50. The van der Waals surface area contributed by atoms with Crippen LogP contribution in [0.2, 0.25) is 0 Å². The Bertz CT molecular complexity index is 335. The van der Waals surface area contributed by atoms with Crippen molar-refractivity contribution in [3.05, 3.63) is 0 Å². The van der Waals surface area contributed by atoms with Crippen molar-refractivity contribution in [1.29, 1.82) is 0 Å². The number of nitrogens with two attached hydrogens (primary N) is 1. The molecule has 7 heteroatoms. The monoisotopic (exact) mass is 295 g/mol. The SMILES string of the molecule is CSC(C)CCNS(=O)(=O)N1CCCCC1CN. The average Bonchev–Trinajstić information content (AvgIpc) is 2.38. The van der Waals surface area contributed by atoms with Crippen molar-refractivity contribution in [1.82, 2.24) is 9.03 Å². The van der Waals surface area contributed by atoms with E-state index in [1.807, 2.05) is 6.26 Å². The van der Waals surface area contributed by atoms with Gasteiger partial charge in [-0.3, -0.25) is 0 Å². The molecule has 1 aliphatic heterocycles. The van der Waals surface area contributed by atoms with Gasteiger partial charge in [0.1, 0.15) is 0 Å². The molecule has 1 fully saturated rings. The fourth-order valence-corrected chi connectivity index (χ4v) is 3.97. The minimum absolute atomic E-state index is 0.0331. The summed E-state index contributed by atoms with van der Waals surface area (Å²) in [6, 6.07) is -0.0331. The number of piperidine rings is 1. The van der Waals surface area contributed by atoms with Crippen LogP contribution >= 0.6 is 11.8 Å². The average molecular weight is 295 g/mol. The van der Waals surface area contributed by atoms with Crippen LogP contribution in [0.25, 0.3) is 0 Å². The van der Waals surface area contributed by atoms with Gasteiger partial charge in [-0.25, -0.2) is 4.72 Å². The van der Waals surface area contributed by atoms with Gasteiger partial charge in [0, 0.05) is 30.9 Å². The minimum atomic E-state index is -3.35. The van der Waals surface area contributed by atoms with Gasteiger partial charge >= 0.3 is 0 Å². The van der Waals surface area contributed by atoms with E-state index in [0.717, 1.165) is 25.7 Å². The van der Waals surface area contributed by atoms with E-state index in [0.29, 0.717) is 24.9 Å². The van der Waals surface area contributed by atoms with Crippen molar-refractivity contribution in [2.75, 3.05) is 25.9 Å². The van der Waals surface area contributed by atoms with Crippen molar-refractivity contribution in [3.63, 3.8) is 0 Å². The third-order valence-corrected chi connectivity index (χ3v) is 6.10. The molecule has 1 heterocycles. The molecule has 2 unspecified atom stereocenters. The molecule has 108 valence electrons. The second-order valence-corrected chi connectivity index (χ2v) is 7.71. The molecule has 0 amide bonds. The highest BCUT2D eigenvalue weighted by atomic mass is 32.2. The molecule has 0 saturated carbocycles. The molecule has 0 spiro atoms. The van der Waals surface area contributed by atoms with E-state index in [1.165, 1.54) is 0 Å². The maximum absolute atomic E-state index is 12.2. The van der Waals surface area contributed by atoms with Crippen LogP contribution in [-0.4, -0.2) is 49.9 Å². The van der Waals surface area contributed by atoms with Gasteiger partial charge in [-0.1, -0.05) is 13.3 Å². The lowest BCUT2D eigenvalue weighted by Crippen LogP contribution is -2.51. The van der Waals surface area contributed by atoms with Crippen LogP contribution in [-0.2, 0) is 10.2 Å². The van der Waals surface area contributed by atoms with Crippen molar-refractivity contribution in [3.8, 4) is 0 Å². The van der Waals surface area contributed by atoms with E-state index >= 15 is 0 Å². The topological polar surface area (TPSA) is 75.4 Å². The van der Waals surface area contributed by atoms with E-state index in [2.05, 4.69) is 11.6 Å². The van der Waals surface area contributed by atoms with Crippen LogP contribution in [0.3, 0.4) is 0 Å². The standard InChI is InChI=1S/C11H25N3O2S2/c1-10(17-2)6-7-13-18(15,16)14-8-4-3-5-11(14)9-12/h10-11,13H,3-9,12H2,1-2H3. The Morgan fingerprint density at radius 2 is 2.22 bits per heavy atom. The summed E-state index contributed by atoms with van der Waals surface area (Å²) in [7, 11) is -3.35. The maximum Gasteiger partial charge on any atom is 0.279 e. The molecule has 5 nitrogen and oxygen atoms in total. The normalized spacial score (nSPS) is 24.1. The molecule has 18 heavy (non-hydrogen) atoms. The van der Waals surface area contributed by atoms with Crippen LogP contribution in [0.4, 0.5) is 0 Å². The van der Waals surface area contributed by atoms with Gasteiger partial charge in [0.2, 0.25) is 0 Å². The smallest absolute Gasteiger partial charge is 0.279 e. The van der Waals surface area contributed by atoms with E-state index in [1.54, 1.807) is 16.1 Å². The van der Waals surface area contributed by atoms with Crippen LogP contribution < -0.4 is 10.5 Å². The molecule has 0 aromatic rings. The first-order valence-corrected chi connectivity index (χ1v) is 9.23. The summed E-state index contributed by atoms with van der Waals surface area (Å²) in [6.45, 7) is 3.60. The van der Waals surface area contributed by atoms with Crippen LogP contribution in [0.5, 0.6) is 0 Å². The Morgan fingerprint density at radius 3 is 2.83 bits per heavy atom. The molecule has 1 aliphatic rings. The molecule has 0 bridgehead atoms. The maximum atomic E-state index is 12.2. The summed E-state index contributed by atoms with van der Waals surface area (Å²) < 4.78 is 28.6. The van der Waals surface area contributed by atoms with Gasteiger partial charge in [0.25, 0.3) is 10.2 Å². The molecule has 1 saturated heterocycles. The second kappa shape index (κ2) is 7.69. The molecular weight excluding hydrogens is 270 g/mol. The van der Waals surface area contributed by atoms with E-state index in [4.69, 9.17) is 5.73 Å². The lowest BCUT2D eigenvalue weighted by Gasteiger charge is -2.33. The molecule has 2 atom stereocenters. The quantitative estimate of drug-likeness (QED) is 0.727. The van der Waals surface area contributed by atoms with Crippen molar-refractivity contribution in [2.45, 2.75) is 43.9 Å². The predicted octanol–water partition coefficient (Wildman–Crippen LogP) is 0.776. The number of rotatable bonds is 7. The van der Waals surface area contributed by atoms with Gasteiger partial charge in [0.05, 0.1) is 0 Å². The largest absolute Gasteiger partial charge is 0.329 e. The minimum Gasteiger partial charge on any atom is -0.329 e. The van der Waals surface area contributed by atoms with Crippen molar-refractivity contribution >= 4 is 22.0 Å². The van der Waals surface area contributed by atoms with Gasteiger partial charge in [0.15, 0.2) is 0 Å². The highest BCUT2D eigenvalue weighted by molar-refractivity contribution is 7.99. The van der Waals surface area contributed by atoms with Gasteiger partial charge in [-0.2, -0.15) is 24.5 Å². The first kappa shape index (κ1) is 16.2. The Balaban J connectivity index is 2.50. The Morgan fingerprint density at radius 1 is 1.50 bits per heavy atom. The van der Waals surface area contributed by atoms with Gasteiger partial charge < -0.3 is 5.73 Å². The van der Waals surface area contributed by atoms with E-state index < -0.39 is 10.2 Å². The highest BCUT2D eigenvalue weighted by Crippen LogP contribution is 2.19. The molecule has 0 aromatic carbocycles. The van der Waals surface area contributed by atoms with Crippen molar-refractivity contribution < 1.29 is 8.42 Å². The van der Waals surface area contributed by atoms with E-state index in [-0.39, 0.29) is 6.04 Å². The summed E-state index contributed by atoms with van der Waals surface area (Å²) in [6.07, 6.45) is 5.75. The molecule has 0 radical (unpaired) electrons. The third-order valence-electron chi connectivity index (χ3n) is 3.39. The Hall–Kier alpha value is 0.180. The van der Waals surface area contributed by atoms with Crippen molar-refractivity contribution in [2.24, 2.45) is 5.73 Å². The summed E-state index contributed by atoms with van der Waals surface area (Å²) in [5.41, 5.74) is 5.65. The lowest BCUT2D eigenvalue weighted by atomic mass is 10.1. The zero-order chi connectivity index (χ0) is 13.6. The van der Waals surface area contributed by atoms with Crippen LogP contribution in [0.1, 0.15) is 32.6 Å². The van der Waals surface area contributed by atoms with Crippen LogP contribution in [0.15, 0.2) is 0 Å². The predicted molar refractivity (Wildman–Crippen MR) is 77.9 cm³/mol. The van der Waals surface area contributed by atoms with Gasteiger partial charge in [-0.15, -0.1) is 0 Å². The zero-order valence-corrected chi connectivity index (χ0v) is 12.9. The molecule has 0 aromatic heterocycles. The number of hydrogen-bond acceptors (Lipinski definition) is 4. The third kappa shape index (κ3) is 4.70. The number of nitrogens with one attached hydrogen (secondary N) is 1. The van der Waals surface area contributed by atoms with Gasteiger partial charge in [-0.05, 0) is 25.5 Å². The van der Waals surface area contributed by atoms with E-state index in [9.17, 15) is 8.42 Å². The molecule has 3 N–H and O–H groups in total. The first-order chi connectivity index (χ1) is 8.51. The fraction of sp³-hybridized carbons (Fsp3) is 1.00. The Kier molecular flexibility index (Phi) is 6.94. The second-order valence-electron chi connectivity index (χ2n) is 4.73. The Labute approximate surface area is 115 Å². The number of hydrogen-bond donors (Lipinski definition) is 2. The van der Waals surface area contributed by atoms with Crippen LogP contribution in [0, 0.1) is 0 Å². The number of thioether (sulfide) groups is 1.